The molecule has 2 aromatic carbocycles. The Morgan fingerprint density at radius 2 is 1.72 bits per heavy atom. The van der Waals surface area contributed by atoms with Crippen LogP contribution in [0.4, 0.5) is 11.4 Å². The van der Waals surface area contributed by atoms with Crippen molar-refractivity contribution < 1.29 is 19.1 Å². The highest BCUT2D eigenvalue weighted by Crippen LogP contribution is 2.30. The average Bonchev–Trinajstić information content (AvgIpc) is 2.62. The molecule has 2 N–H and O–H groups in total. The highest BCUT2D eigenvalue weighted by atomic mass is 16.5. The molecule has 0 saturated heterocycles. The van der Waals surface area contributed by atoms with Crippen LogP contribution < -0.4 is 20.1 Å². The molecule has 2 rings (SSSR count). The highest BCUT2D eigenvalue weighted by Gasteiger charge is 2.10. The van der Waals surface area contributed by atoms with Gasteiger partial charge < -0.3 is 20.1 Å². The summed E-state index contributed by atoms with van der Waals surface area (Å²) in [5.74, 6) is 0.282. The van der Waals surface area contributed by atoms with Gasteiger partial charge in [-0.3, -0.25) is 9.59 Å². The molecule has 25 heavy (non-hydrogen) atoms. The molecule has 7 nitrogen and oxygen atoms in total. The second kappa shape index (κ2) is 8.36. The number of anilines is 2. The average molecular weight is 339 g/mol. The summed E-state index contributed by atoms with van der Waals surface area (Å²) >= 11 is 0. The zero-order chi connectivity index (χ0) is 18.2. The Hall–Kier alpha value is -3.53. The van der Waals surface area contributed by atoms with Crippen LogP contribution in [-0.2, 0) is 4.79 Å². The molecule has 0 unspecified atom stereocenters. The quantitative estimate of drug-likeness (QED) is 0.843. The first-order chi connectivity index (χ1) is 12.1. The number of nitrogens with one attached hydrogen (secondary N) is 2. The van der Waals surface area contributed by atoms with Gasteiger partial charge in [-0.2, -0.15) is 5.26 Å². The van der Waals surface area contributed by atoms with Crippen LogP contribution in [0, 0.1) is 11.3 Å². The molecule has 2 aromatic rings. The van der Waals surface area contributed by atoms with Crippen LogP contribution in [0.2, 0.25) is 0 Å². The molecule has 2 amide bonds. The fourth-order valence-electron chi connectivity index (χ4n) is 2.13. The van der Waals surface area contributed by atoms with Gasteiger partial charge in [0, 0.05) is 23.0 Å². The lowest BCUT2D eigenvalue weighted by molar-refractivity contribution is -0.115. The van der Waals surface area contributed by atoms with Crippen molar-refractivity contribution in [3.05, 3.63) is 48.0 Å². The van der Waals surface area contributed by atoms with Crippen LogP contribution in [0.1, 0.15) is 16.8 Å². The Bertz CT molecular complexity index is 827. The van der Waals surface area contributed by atoms with Crippen molar-refractivity contribution in [3.8, 4) is 17.6 Å². The molecule has 0 atom stereocenters. The van der Waals surface area contributed by atoms with Gasteiger partial charge in [-0.05, 0) is 30.3 Å². The number of hydrogen-bond acceptors (Lipinski definition) is 5. The Labute approximate surface area is 145 Å². The molecule has 7 heteroatoms. The van der Waals surface area contributed by atoms with E-state index in [-0.39, 0.29) is 12.3 Å². The lowest BCUT2D eigenvalue weighted by Crippen LogP contribution is -2.14. The zero-order valence-electron chi connectivity index (χ0n) is 13.8. The Kier molecular flexibility index (Phi) is 5.96. The largest absolute Gasteiger partial charge is 0.493 e. The van der Waals surface area contributed by atoms with Gasteiger partial charge in [0.15, 0.2) is 11.5 Å². The minimum Gasteiger partial charge on any atom is -0.493 e. The molecule has 0 aliphatic rings. The van der Waals surface area contributed by atoms with E-state index < -0.39 is 5.91 Å². The number of benzene rings is 2. The Morgan fingerprint density at radius 3 is 2.40 bits per heavy atom. The Morgan fingerprint density at radius 1 is 1.00 bits per heavy atom. The van der Waals surface area contributed by atoms with E-state index in [2.05, 4.69) is 10.6 Å². The van der Waals surface area contributed by atoms with Crippen molar-refractivity contribution in [2.45, 2.75) is 6.42 Å². The molecule has 0 aliphatic heterocycles. The maximum Gasteiger partial charge on any atom is 0.255 e. The lowest BCUT2D eigenvalue weighted by atomic mass is 10.1. The minimum atomic E-state index is -0.431. The van der Waals surface area contributed by atoms with Gasteiger partial charge in [-0.25, -0.2) is 0 Å². The van der Waals surface area contributed by atoms with Crippen LogP contribution in [0.3, 0.4) is 0 Å². The van der Waals surface area contributed by atoms with Gasteiger partial charge in [0.05, 0.1) is 20.3 Å². The zero-order valence-corrected chi connectivity index (χ0v) is 13.8. The standard InChI is InChI=1S/C18H17N3O4/c1-24-15-7-6-14(11-16(15)25-2)21-18(23)12-4-3-5-13(10-12)20-17(22)8-9-19/h3-7,10-11H,8H2,1-2H3,(H,20,22)(H,21,23). The molecule has 0 fully saturated rings. The third-order valence-corrected chi connectivity index (χ3v) is 3.29. The normalized spacial score (nSPS) is 9.64. The number of nitrogens with zero attached hydrogens (tertiary/aromatic N) is 1. The van der Waals surface area contributed by atoms with Crippen molar-refractivity contribution in [2.75, 3.05) is 24.9 Å². The summed E-state index contributed by atoms with van der Waals surface area (Å²) in [6.07, 6.45) is -0.248. The number of nitriles is 1. The number of carbonyl (C=O) groups excluding carboxylic acids is 2. The smallest absolute Gasteiger partial charge is 0.255 e. The first-order valence-electron chi connectivity index (χ1n) is 7.37. The van der Waals surface area contributed by atoms with E-state index in [4.69, 9.17) is 14.7 Å². The van der Waals surface area contributed by atoms with E-state index in [1.54, 1.807) is 42.5 Å². The summed E-state index contributed by atoms with van der Waals surface area (Å²) in [4.78, 5) is 23.8. The molecule has 0 aromatic heterocycles. The van der Waals surface area contributed by atoms with Crippen LogP contribution in [0.25, 0.3) is 0 Å². The topological polar surface area (TPSA) is 100 Å². The van der Waals surface area contributed by atoms with Gasteiger partial charge in [0.1, 0.15) is 6.42 Å². The number of methoxy groups -OCH3 is 2. The van der Waals surface area contributed by atoms with E-state index in [9.17, 15) is 9.59 Å². The van der Waals surface area contributed by atoms with Crippen molar-refractivity contribution in [2.24, 2.45) is 0 Å². The second-order valence-corrected chi connectivity index (χ2v) is 4.99. The number of ether oxygens (including phenoxy) is 2. The number of amides is 2. The molecule has 0 radical (unpaired) electrons. The summed E-state index contributed by atoms with van der Waals surface area (Å²) in [6, 6.07) is 13.2. The molecular weight excluding hydrogens is 322 g/mol. The van der Waals surface area contributed by atoms with Crippen molar-refractivity contribution >= 4 is 23.2 Å². The lowest BCUT2D eigenvalue weighted by Gasteiger charge is -2.11. The molecular formula is C18H17N3O4. The first-order valence-corrected chi connectivity index (χ1v) is 7.37. The van der Waals surface area contributed by atoms with E-state index in [0.717, 1.165) is 0 Å². The molecule has 0 heterocycles. The summed E-state index contributed by atoms with van der Waals surface area (Å²) in [5, 5.41) is 13.8. The van der Waals surface area contributed by atoms with Gasteiger partial charge in [-0.1, -0.05) is 6.07 Å². The number of rotatable bonds is 6. The van der Waals surface area contributed by atoms with Crippen molar-refractivity contribution in [3.63, 3.8) is 0 Å². The first kappa shape index (κ1) is 17.8. The maximum atomic E-state index is 12.4. The van der Waals surface area contributed by atoms with E-state index >= 15 is 0 Å². The highest BCUT2D eigenvalue weighted by molar-refractivity contribution is 6.05. The van der Waals surface area contributed by atoms with Gasteiger partial charge in [0.25, 0.3) is 5.91 Å². The molecule has 128 valence electrons. The fraction of sp³-hybridized carbons (Fsp3) is 0.167. The van der Waals surface area contributed by atoms with E-state index in [1.807, 2.05) is 0 Å². The van der Waals surface area contributed by atoms with Gasteiger partial charge >= 0.3 is 0 Å². The van der Waals surface area contributed by atoms with E-state index in [0.29, 0.717) is 28.4 Å². The second-order valence-electron chi connectivity index (χ2n) is 4.99. The third kappa shape index (κ3) is 4.72. The molecule has 0 bridgehead atoms. The SMILES string of the molecule is COc1ccc(NC(=O)c2cccc(NC(=O)CC#N)c2)cc1OC. The summed E-state index contributed by atoms with van der Waals surface area (Å²) in [7, 11) is 3.04. The summed E-state index contributed by atoms with van der Waals surface area (Å²) < 4.78 is 10.4. The van der Waals surface area contributed by atoms with Gasteiger partial charge in [-0.15, -0.1) is 0 Å². The maximum absolute atomic E-state index is 12.4. The Balaban J connectivity index is 2.13. The minimum absolute atomic E-state index is 0.248. The van der Waals surface area contributed by atoms with Crippen LogP contribution in [0.15, 0.2) is 42.5 Å². The molecule has 0 aliphatic carbocycles. The number of carbonyl (C=O) groups is 2. The van der Waals surface area contributed by atoms with E-state index in [1.165, 1.54) is 20.3 Å². The van der Waals surface area contributed by atoms with Crippen LogP contribution >= 0.6 is 0 Å². The monoisotopic (exact) mass is 339 g/mol. The fourth-order valence-corrected chi connectivity index (χ4v) is 2.13. The number of hydrogen-bond donors (Lipinski definition) is 2. The van der Waals surface area contributed by atoms with Crippen LogP contribution in [0.5, 0.6) is 11.5 Å². The predicted molar refractivity (Wildman–Crippen MR) is 92.8 cm³/mol. The van der Waals surface area contributed by atoms with Crippen molar-refractivity contribution in [1.82, 2.24) is 0 Å². The van der Waals surface area contributed by atoms with Gasteiger partial charge in [0.2, 0.25) is 5.91 Å². The molecule has 0 saturated carbocycles. The molecule has 0 spiro atoms. The van der Waals surface area contributed by atoms with Crippen LogP contribution in [-0.4, -0.2) is 26.0 Å². The summed E-state index contributed by atoms with van der Waals surface area (Å²) in [5.41, 5.74) is 1.35. The predicted octanol–water partition coefficient (Wildman–Crippen LogP) is 2.81. The third-order valence-electron chi connectivity index (χ3n) is 3.29. The van der Waals surface area contributed by atoms with Crippen molar-refractivity contribution in [1.29, 1.82) is 5.26 Å². The summed E-state index contributed by atoms with van der Waals surface area (Å²) in [6.45, 7) is 0.